The Hall–Kier alpha value is -1.97. The van der Waals surface area contributed by atoms with E-state index in [-0.39, 0.29) is 22.9 Å². The topological polar surface area (TPSA) is 79.7 Å². The number of sulfonamides is 1. The minimum atomic E-state index is -3.54. The number of halogens is 1. The number of pyridine rings is 1. The summed E-state index contributed by atoms with van der Waals surface area (Å²) in [6.45, 7) is 4.81. The van der Waals surface area contributed by atoms with E-state index in [0.29, 0.717) is 36.2 Å². The molecule has 1 aliphatic rings. The van der Waals surface area contributed by atoms with Gasteiger partial charge in [0, 0.05) is 42.1 Å². The Balaban J connectivity index is 1.86. The van der Waals surface area contributed by atoms with Crippen LogP contribution < -0.4 is 10.5 Å². The number of hydrogen-bond donors (Lipinski definition) is 0. The fraction of sp³-hybridized carbons (Fsp3) is 0.368. The van der Waals surface area contributed by atoms with Crippen LogP contribution in [-0.4, -0.2) is 42.8 Å². The maximum atomic E-state index is 12.7. The van der Waals surface area contributed by atoms with Crippen molar-refractivity contribution in [1.29, 1.82) is 0 Å². The first-order valence-electron chi connectivity index (χ1n) is 9.07. The monoisotopic (exact) mass is 467 g/mol. The minimum Gasteiger partial charge on any atom is -0.310 e. The SMILES string of the molecule is CCN(CC)S(=O)(=O)c1ccc2c(c1)CCN2C(=O)Cn1cc(Br)ccc1=O. The molecule has 0 radical (unpaired) electrons. The number of nitrogens with zero attached hydrogens (tertiary/aromatic N) is 3. The highest BCUT2D eigenvalue weighted by molar-refractivity contribution is 9.10. The molecular formula is C19H22BrN3O4S. The number of hydrogen-bond acceptors (Lipinski definition) is 4. The molecule has 0 N–H and O–H groups in total. The molecule has 1 amide bonds. The van der Waals surface area contributed by atoms with Gasteiger partial charge in [-0.05, 0) is 52.2 Å². The summed E-state index contributed by atoms with van der Waals surface area (Å²) in [5.41, 5.74) is 1.27. The van der Waals surface area contributed by atoms with Crippen LogP contribution in [0, 0.1) is 0 Å². The predicted octanol–water partition coefficient (Wildman–Crippen LogP) is 2.23. The van der Waals surface area contributed by atoms with Crippen molar-refractivity contribution in [3.63, 3.8) is 0 Å². The van der Waals surface area contributed by atoms with E-state index in [1.165, 1.54) is 14.9 Å². The van der Waals surface area contributed by atoms with Crippen molar-refractivity contribution >= 4 is 37.5 Å². The van der Waals surface area contributed by atoms with E-state index in [0.717, 1.165) is 5.56 Å². The molecule has 1 aliphatic heterocycles. The van der Waals surface area contributed by atoms with Gasteiger partial charge in [-0.15, -0.1) is 0 Å². The molecule has 3 rings (SSSR count). The lowest BCUT2D eigenvalue weighted by molar-refractivity contribution is -0.119. The summed E-state index contributed by atoms with van der Waals surface area (Å²) in [4.78, 5) is 26.5. The van der Waals surface area contributed by atoms with Crippen LogP contribution in [0.3, 0.4) is 0 Å². The Morgan fingerprint density at radius 1 is 1.18 bits per heavy atom. The third-order valence-electron chi connectivity index (χ3n) is 4.84. The quantitative estimate of drug-likeness (QED) is 0.652. The molecular weight excluding hydrogens is 446 g/mol. The molecule has 150 valence electrons. The molecule has 0 bridgehead atoms. The van der Waals surface area contributed by atoms with Crippen LogP contribution >= 0.6 is 15.9 Å². The van der Waals surface area contributed by atoms with Gasteiger partial charge in [0.1, 0.15) is 6.54 Å². The Bertz CT molecular complexity index is 1060. The first-order chi connectivity index (χ1) is 13.3. The van der Waals surface area contributed by atoms with Gasteiger partial charge in [0.2, 0.25) is 15.9 Å². The number of carbonyl (C=O) groups is 1. The Morgan fingerprint density at radius 3 is 2.57 bits per heavy atom. The van der Waals surface area contributed by atoms with Crippen molar-refractivity contribution in [2.75, 3.05) is 24.5 Å². The summed E-state index contributed by atoms with van der Waals surface area (Å²) in [5.74, 6) is -0.210. The van der Waals surface area contributed by atoms with Gasteiger partial charge in [-0.25, -0.2) is 8.42 Å². The molecule has 2 heterocycles. The molecule has 0 spiro atoms. The summed E-state index contributed by atoms with van der Waals surface area (Å²) in [6, 6.07) is 7.91. The van der Waals surface area contributed by atoms with Crippen molar-refractivity contribution in [2.24, 2.45) is 0 Å². The number of anilines is 1. The maximum absolute atomic E-state index is 12.7. The van der Waals surface area contributed by atoms with E-state index < -0.39 is 10.0 Å². The minimum absolute atomic E-state index is 0.0722. The first-order valence-corrected chi connectivity index (χ1v) is 11.3. The number of amides is 1. The van der Waals surface area contributed by atoms with Gasteiger partial charge >= 0.3 is 0 Å². The van der Waals surface area contributed by atoms with Crippen molar-refractivity contribution in [1.82, 2.24) is 8.87 Å². The van der Waals surface area contributed by atoms with Crippen LogP contribution in [0.5, 0.6) is 0 Å². The third-order valence-corrected chi connectivity index (χ3v) is 7.36. The van der Waals surface area contributed by atoms with E-state index in [2.05, 4.69) is 15.9 Å². The fourth-order valence-corrected chi connectivity index (χ4v) is 5.26. The first kappa shape index (κ1) is 20.8. The van der Waals surface area contributed by atoms with Gasteiger partial charge in [-0.1, -0.05) is 13.8 Å². The van der Waals surface area contributed by atoms with Crippen LogP contribution in [0.4, 0.5) is 5.69 Å². The molecule has 28 heavy (non-hydrogen) atoms. The normalized spacial score (nSPS) is 13.8. The zero-order valence-corrected chi connectivity index (χ0v) is 18.2. The lowest BCUT2D eigenvalue weighted by Crippen LogP contribution is -2.35. The summed E-state index contributed by atoms with van der Waals surface area (Å²) < 4.78 is 28.9. The molecule has 0 unspecified atom stereocenters. The van der Waals surface area contributed by atoms with Crippen LogP contribution in [0.1, 0.15) is 19.4 Å². The van der Waals surface area contributed by atoms with Crippen LogP contribution in [0.25, 0.3) is 0 Å². The fourth-order valence-electron chi connectivity index (χ4n) is 3.37. The van der Waals surface area contributed by atoms with E-state index in [9.17, 15) is 18.0 Å². The van der Waals surface area contributed by atoms with Crippen molar-refractivity contribution in [2.45, 2.75) is 31.7 Å². The smallest absolute Gasteiger partial charge is 0.251 e. The standard InChI is InChI=1S/C19H22BrN3O4S/c1-3-22(4-2)28(26,27)16-6-7-17-14(11-16)9-10-23(17)19(25)13-21-12-15(20)5-8-18(21)24/h5-8,11-12H,3-4,9-10,13H2,1-2H3. The average molecular weight is 468 g/mol. The second-order valence-corrected chi connectivity index (χ2v) is 9.34. The molecule has 0 aliphatic carbocycles. The Morgan fingerprint density at radius 2 is 1.89 bits per heavy atom. The summed E-state index contributed by atoms with van der Waals surface area (Å²) in [5, 5.41) is 0. The van der Waals surface area contributed by atoms with Gasteiger partial charge in [0.25, 0.3) is 5.56 Å². The highest BCUT2D eigenvalue weighted by atomic mass is 79.9. The Labute approximate surface area is 172 Å². The third kappa shape index (κ3) is 3.92. The zero-order valence-electron chi connectivity index (χ0n) is 15.8. The van der Waals surface area contributed by atoms with Crippen molar-refractivity contribution in [3.8, 4) is 0 Å². The summed E-state index contributed by atoms with van der Waals surface area (Å²) in [6.07, 6.45) is 2.16. The highest BCUT2D eigenvalue weighted by Gasteiger charge is 2.28. The second kappa shape index (κ2) is 8.18. The van der Waals surface area contributed by atoms with E-state index in [1.807, 2.05) is 0 Å². The summed E-state index contributed by atoms with van der Waals surface area (Å²) in [7, 11) is -3.54. The average Bonchev–Trinajstić information content (AvgIpc) is 3.09. The number of benzene rings is 1. The predicted molar refractivity (Wildman–Crippen MR) is 111 cm³/mol. The van der Waals surface area contributed by atoms with Gasteiger partial charge in [-0.3, -0.25) is 9.59 Å². The summed E-state index contributed by atoms with van der Waals surface area (Å²) >= 11 is 3.30. The number of aromatic nitrogens is 1. The molecule has 0 saturated heterocycles. The zero-order chi connectivity index (χ0) is 20.5. The molecule has 9 heteroatoms. The van der Waals surface area contributed by atoms with Crippen LogP contribution in [0.2, 0.25) is 0 Å². The molecule has 0 fully saturated rings. The Kier molecular flexibility index (Phi) is 6.07. The maximum Gasteiger partial charge on any atom is 0.251 e. The highest BCUT2D eigenvalue weighted by Crippen LogP contribution is 2.31. The van der Waals surface area contributed by atoms with Crippen molar-refractivity contribution in [3.05, 3.63) is 56.9 Å². The molecule has 1 aromatic heterocycles. The van der Waals surface area contributed by atoms with Crippen molar-refractivity contribution < 1.29 is 13.2 Å². The lowest BCUT2D eigenvalue weighted by atomic mass is 10.2. The van der Waals surface area contributed by atoms with Gasteiger partial charge in [0.15, 0.2) is 0 Å². The molecule has 2 aromatic rings. The number of fused-ring (bicyclic) bond motifs is 1. The molecule has 7 nitrogen and oxygen atoms in total. The van der Waals surface area contributed by atoms with Gasteiger partial charge < -0.3 is 9.47 Å². The second-order valence-electron chi connectivity index (χ2n) is 6.49. The number of carbonyl (C=O) groups excluding carboxylic acids is 1. The molecule has 1 aromatic carbocycles. The van der Waals surface area contributed by atoms with Crippen LogP contribution in [0.15, 0.2) is 50.7 Å². The largest absolute Gasteiger partial charge is 0.310 e. The molecule has 0 saturated carbocycles. The van der Waals surface area contributed by atoms with Gasteiger partial charge in [-0.2, -0.15) is 4.31 Å². The number of rotatable bonds is 6. The molecule has 0 atom stereocenters. The van der Waals surface area contributed by atoms with Crippen LogP contribution in [-0.2, 0) is 27.8 Å². The van der Waals surface area contributed by atoms with E-state index in [1.54, 1.807) is 49.2 Å². The lowest BCUT2D eigenvalue weighted by Gasteiger charge is -2.20. The van der Waals surface area contributed by atoms with Gasteiger partial charge in [0.05, 0.1) is 4.90 Å². The van der Waals surface area contributed by atoms with E-state index >= 15 is 0 Å². The van der Waals surface area contributed by atoms with E-state index in [4.69, 9.17) is 0 Å².